The van der Waals surface area contributed by atoms with E-state index in [1.807, 2.05) is 24.3 Å². The molecule has 1 heterocycles. The molecule has 1 amide bonds. The largest absolute Gasteiger partial charge is 0.481 e. The summed E-state index contributed by atoms with van der Waals surface area (Å²) in [6, 6.07) is 14.4. The van der Waals surface area contributed by atoms with Crippen molar-refractivity contribution in [2.24, 2.45) is 0 Å². The van der Waals surface area contributed by atoms with E-state index in [1.165, 1.54) is 5.56 Å². The molecular formula is C21H23NO3. The van der Waals surface area contributed by atoms with E-state index in [-0.39, 0.29) is 11.3 Å². The summed E-state index contributed by atoms with van der Waals surface area (Å²) in [4.78, 5) is 26.3. The zero-order valence-corrected chi connectivity index (χ0v) is 15.0. The van der Waals surface area contributed by atoms with Gasteiger partial charge in [0.15, 0.2) is 0 Å². The van der Waals surface area contributed by atoms with Crippen molar-refractivity contribution in [3.8, 4) is 0 Å². The molecule has 2 aromatic carbocycles. The molecule has 0 aromatic heterocycles. The van der Waals surface area contributed by atoms with Crippen molar-refractivity contribution in [2.45, 2.75) is 38.1 Å². The monoisotopic (exact) mass is 337 g/mol. The molecule has 25 heavy (non-hydrogen) atoms. The Morgan fingerprint density at radius 2 is 1.64 bits per heavy atom. The molecule has 2 unspecified atom stereocenters. The van der Waals surface area contributed by atoms with Gasteiger partial charge in [-0.05, 0) is 28.2 Å². The lowest BCUT2D eigenvalue weighted by molar-refractivity contribution is -0.140. The summed E-state index contributed by atoms with van der Waals surface area (Å²) in [5.74, 6) is -1.84. The van der Waals surface area contributed by atoms with Crippen LogP contribution >= 0.6 is 0 Å². The number of amides is 1. The van der Waals surface area contributed by atoms with Gasteiger partial charge in [-0.25, -0.2) is 0 Å². The van der Waals surface area contributed by atoms with Crippen LogP contribution in [-0.4, -0.2) is 28.9 Å². The van der Waals surface area contributed by atoms with E-state index >= 15 is 0 Å². The molecule has 2 atom stereocenters. The van der Waals surface area contributed by atoms with Gasteiger partial charge in [-0.2, -0.15) is 0 Å². The highest BCUT2D eigenvalue weighted by molar-refractivity contribution is 6.00. The lowest BCUT2D eigenvalue weighted by Gasteiger charge is -2.38. The Labute approximate surface area is 148 Å². The predicted octanol–water partition coefficient (Wildman–Crippen LogP) is 3.98. The minimum atomic E-state index is -0.920. The molecule has 1 aliphatic heterocycles. The molecule has 0 bridgehead atoms. The third kappa shape index (κ3) is 2.93. The van der Waals surface area contributed by atoms with Gasteiger partial charge in [-0.1, -0.05) is 63.2 Å². The molecule has 0 saturated heterocycles. The summed E-state index contributed by atoms with van der Waals surface area (Å²) in [5, 5.41) is 9.87. The quantitative estimate of drug-likeness (QED) is 0.902. The lowest BCUT2D eigenvalue weighted by atomic mass is 9.79. The molecule has 2 aromatic rings. The van der Waals surface area contributed by atoms with Crippen LogP contribution in [0.4, 0.5) is 0 Å². The first-order valence-electron chi connectivity index (χ1n) is 8.41. The third-order valence-electron chi connectivity index (χ3n) is 4.96. The zero-order valence-electron chi connectivity index (χ0n) is 15.0. The number of carbonyl (C=O) groups excluding carboxylic acids is 1. The highest BCUT2D eigenvalue weighted by Gasteiger charge is 2.42. The minimum absolute atomic E-state index is 0.0195. The summed E-state index contributed by atoms with van der Waals surface area (Å²) < 4.78 is 0. The number of carboxylic acid groups (broad SMARTS) is 1. The van der Waals surface area contributed by atoms with E-state index in [1.54, 1.807) is 36.2 Å². The van der Waals surface area contributed by atoms with Crippen LogP contribution in [0.15, 0.2) is 48.5 Å². The SMILES string of the molecule is CN1C(=O)c2ccccc2C(C(=O)O)C1c1ccc(C(C)(C)C)cc1. The van der Waals surface area contributed by atoms with Gasteiger partial charge < -0.3 is 10.0 Å². The van der Waals surface area contributed by atoms with E-state index in [9.17, 15) is 14.7 Å². The molecule has 130 valence electrons. The van der Waals surface area contributed by atoms with Crippen molar-refractivity contribution in [1.29, 1.82) is 0 Å². The van der Waals surface area contributed by atoms with Gasteiger partial charge in [0, 0.05) is 12.6 Å². The molecule has 0 saturated carbocycles. The summed E-state index contributed by atoms with van der Waals surface area (Å²) in [7, 11) is 1.68. The van der Waals surface area contributed by atoms with Crippen LogP contribution in [0.5, 0.6) is 0 Å². The fourth-order valence-corrected chi connectivity index (χ4v) is 3.54. The first-order valence-corrected chi connectivity index (χ1v) is 8.41. The maximum atomic E-state index is 12.7. The van der Waals surface area contributed by atoms with Crippen molar-refractivity contribution < 1.29 is 14.7 Å². The van der Waals surface area contributed by atoms with Gasteiger partial charge in [0.05, 0.1) is 6.04 Å². The van der Waals surface area contributed by atoms with Crippen molar-refractivity contribution in [3.63, 3.8) is 0 Å². The van der Waals surface area contributed by atoms with Gasteiger partial charge in [0.25, 0.3) is 5.91 Å². The Kier molecular flexibility index (Phi) is 4.15. The van der Waals surface area contributed by atoms with E-state index in [0.717, 1.165) is 5.56 Å². The van der Waals surface area contributed by atoms with Crippen LogP contribution in [0.3, 0.4) is 0 Å². The van der Waals surface area contributed by atoms with Crippen LogP contribution < -0.4 is 0 Å². The van der Waals surface area contributed by atoms with Crippen LogP contribution in [0, 0.1) is 0 Å². The Balaban J connectivity index is 2.11. The second kappa shape index (κ2) is 6.03. The number of hydrogen-bond donors (Lipinski definition) is 1. The average molecular weight is 337 g/mol. The highest BCUT2D eigenvalue weighted by atomic mass is 16.4. The Morgan fingerprint density at radius 3 is 2.20 bits per heavy atom. The molecule has 1 N–H and O–H groups in total. The second-order valence-electron chi connectivity index (χ2n) is 7.64. The topological polar surface area (TPSA) is 57.6 Å². The Bertz CT molecular complexity index is 818. The standard InChI is InChI=1S/C21H23NO3/c1-21(2,3)14-11-9-13(10-12-14)18-17(20(24)25)15-7-5-6-8-16(15)19(23)22(18)4/h5-12,17-18H,1-4H3,(H,24,25). The summed E-state index contributed by atoms with van der Waals surface area (Å²) in [6.07, 6.45) is 0. The molecule has 4 nitrogen and oxygen atoms in total. The summed E-state index contributed by atoms with van der Waals surface area (Å²) in [5.41, 5.74) is 3.09. The molecule has 0 aliphatic carbocycles. The number of hydrogen-bond acceptors (Lipinski definition) is 2. The zero-order chi connectivity index (χ0) is 18.4. The lowest BCUT2D eigenvalue weighted by Crippen LogP contribution is -2.42. The molecule has 4 heteroatoms. The van der Waals surface area contributed by atoms with Gasteiger partial charge in [-0.15, -0.1) is 0 Å². The summed E-state index contributed by atoms with van der Waals surface area (Å²) >= 11 is 0. The summed E-state index contributed by atoms with van der Waals surface area (Å²) in [6.45, 7) is 6.40. The third-order valence-corrected chi connectivity index (χ3v) is 4.96. The predicted molar refractivity (Wildman–Crippen MR) is 96.8 cm³/mol. The Hall–Kier alpha value is -2.62. The number of aliphatic carboxylic acids is 1. The molecule has 0 radical (unpaired) electrons. The molecule has 3 rings (SSSR count). The van der Waals surface area contributed by atoms with Gasteiger partial charge in [-0.3, -0.25) is 9.59 Å². The maximum Gasteiger partial charge on any atom is 0.313 e. The number of carboxylic acids is 1. The molecular weight excluding hydrogens is 314 g/mol. The highest BCUT2D eigenvalue weighted by Crippen LogP contribution is 2.42. The maximum absolute atomic E-state index is 12.7. The van der Waals surface area contributed by atoms with Gasteiger partial charge >= 0.3 is 5.97 Å². The number of likely N-dealkylation sites (N-methyl/N-ethyl adjacent to an activating group) is 1. The number of benzene rings is 2. The smallest absolute Gasteiger partial charge is 0.313 e. The molecule has 0 fully saturated rings. The van der Waals surface area contributed by atoms with Crippen LogP contribution in [0.2, 0.25) is 0 Å². The normalized spacial score (nSPS) is 20.3. The average Bonchev–Trinajstić information content (AvgIpc) is 2.57. The molecule has 0 spiro atoms. The minimum Gasteiger partial charge on any atom is -0.481 e. The van der Waals surface area contributed by atoms with Crippen molar-refractivity contribution in [2.75, 3.05) is 7.05 Å². The van der Waals surface area contributed by atoms with E-state index in [0.29, 0.717) is 11.1 Å². The van der Waals surface area contributed by atoms with Crippen LogP contribution in [0.1, 0.15) is 59.8 Å². The van der Waals surface area contributed by atoms with Crippen LogP contribution in [-0.2, 0) is 10.2 Å². The number of fused-ring (bicyclic) bond motifs is 1. The van der Waals surface area contributed by atoms with Gasteiger partial charge in [0.1, 0.15) is 5.92 Å². The van der Waals surface area contributed by atoms with Crippen molar-refractivity contribution >= 4 is 11.9 Å². The fraction of sp³-hybridized carbons (Fsp3) is 0.333. The van der Waals surface area contributed by atoms with Gasteiger partial charge in [0.2, 0.25) is 0 Å². The number of nitrogens with zero attached hydrogens (tertiary/aromatic N) is 1. The molecule has 1 aliphatic rings. The van der Waals surface area contributed by atoms with E-state index in [2.05, 4.69) is 20.8 Å². The Morgan fingerprint density at radius 1 is 1.04 bits per heavy atom. The number of rotatable bonds is 2. The second-order valence-corrected chi connectivity index (χ2v) is 7.64. The first kappa shape index (κ1) is 17.2. The fourth-order valence-electron chi connectivity index (χ4n) is 3.54. The first-order chi connectivity index (χ1) is 11.7. The number of carbonyl (C=O) groups is 2. The van der Waals surface area contributed by atoms with Crippen LogP contribution in [0.25, 0.3) is 0 Å². The van der Waals surface area contributed by atoms with Crippen molar-refractivity contribution in [3.05, 3.63) is 70.8 Å². The van der Waals surface area contributed by atoms with E-state index in [4.69, 9.17) is 0 Å². The van der Waals surface area contributed by atoms with E-state index < -0.39 is 17.9 Å². The van der Waals surface area contributed by atoms with Crippen molar-refractivity contribution in [1.82, 2.24) is 4.90 Å².